The first-order valence-electron chi connectivity index (χ1n) is 9.05. The van der Waals surface area contributed by atoms with Crippen molar-refractivity contribution in [2.45, 2.75) is 25.7 Å². The second-order valence-corrected chi connectivity index (χ2v) is 6.72. The van der Waals surface area contributed by atoms with Crippen LogP contribution in [0.3, 0.4) is 0 Å². The van der Waals surface area contributed by atoms with Crippen LogP contribution in [0, 0.1) is 11.8 Å². The molecule has 0 saturated heterocycles. The second kappa shape index (κ2) is 8.49. The van der Waals surface area contributed by atoms with Gasteiger partial charge in [-0.05, 0) is 36.1 Å². The van der Waals surface area contributed by atoms with Crippen LogP contribution in [0.2, 0.25) is 0 Å². The van der Waals surface area contributed by atoms with E-state index in [1.807, 2.05) is 42.5 Å². The molecule has 1 aliphatic rings. The van der Waals surface area contributed by atoms with Crippen LogP contribution in [0.1, 0.15) is 36.0 Å². The monoisotopic (exact) mass is 366 g/mol. The number of carboxylic acids is 1. The van der Waals surface area contributed by atoms with E-state index in [-0.39, 0.29) is 0 Å². The van der Waals surface area contributed by atoms with E-state index in [0.717, 1.165) is 24.0 Å². The van der Waals surface area contributed by atoms with Gasteiger partial charge < -0.3 is 5.11 Å². The number of hydrogen-bond donors (Lipinski definition) is 3. The van der Waals surface area contributed by atoms with E-state index < -0.39 is 29.6 Å². The van der Waals surface area contributed by atoms with E-state index in [1.165, 1.54) is 0 Å². The lowest BCUT2D eigenvalue weighted by Gasteiger charge is -2.27. The third-order valence-corrected chi connectivity index (χ3v) is 4.97. The van der Waals surface area contributed by atoms with Crippen molar-refractivity contribution in [3.63, 3.8) is 0 Å². The lowest BCUT2D eigenvalue weighted by atomic mass is 9.79. The Morgan fingerprint density at radius 1 is 0.778 bits per heavy atom. The van der Waals surface area contributed by atoms with Crippen molar-refractivity contribution in [2.24, 2.45) is 11.8 Å². The minimum atomic E-state index is -0.960. The predicted molar refractivity (Wildman–Crippen MR) is 101 cm³/mol. The maximum Gasteiger partial charge on any atom is 0.307 e. The number of carbonyl (C=O) groups is 3. The van der Waals surface area contributed by atoms with Crippen LogP contribution in [0.5, 0.6) is 0 Å². The average molecular weight is 366 g/mol. The summed E-state index contributed by atoms with van der Waals surface area (Å²) < 4.78 is 0. The highest BCUT2D eigenvalue weighted by Gasteiger charge is 2.35. The Balaban J connectivity index is 1.59. The molecule has 3 rings (SSSR count). The number of carbonyl (C=O) groups excluding carboxylic acids is 2. The molecule has 0 aromatic heterocycles. The van der Waals surface area contributed by atoms with Gasteiger partial charge in [0.15, 0.2) is 0 Å². The highest BCUT2D eigenvalue weighted by molar-refractivity contribution is 5.96. The molecule has 6 nitrogen and oxygen atoms in total. The van der Waals surface area contributed by atoms with E-state index >= 15 is 0 Å². The van der Waals surface area contributed by atoms with Crippen molar-refractivity contribution < 1.29 is 19.5 Å². The molecule has 2 amide bonds. The summed E-state index contributed by atoms with van der Waals surface area (Å²) in [4.78, 5) is 35.9. The van der Waals surface area contributed by atoms with Crippen LogP contribution in [-0.2, 0) is 9.59 Å². The first kappa shape index (κ1) is 18.6. The Morgan fingerprint density at radius 2 is 1.37 bits per heavy atom. The molecule has 0 spiro atoms. The minimum absolute atomic E-state index is 0.411. The first-order chi connectivity index (χ1) is 13.1. The van der Waals surface area contributed by atoms with Gasteiger partial charge in [0, 0.05) is 5.56 Å². The molecule has 1 aliphatic carbocycles. The number of carboxylic acid groups (broad SMARTS) is 1. The molecule has 3 N–H and O–H groups in total. The van der Waals surface area contributed by atoms with E-state index in [1.54, 1.807) is 12.1 Å². The average Bonchev–Trinajstić information content (AvgIpc) is 2.72. The van der Waals surface area contributed by atoms with Gasteiger partial charge >= 0.3 is 5.97 Å². The molecule has 2 atom stereocenters. The normalized spacial score (nSPS) is 19.1. The van der Waals surface area contributed by atoms with E-state index in [2.05, 4.69) is 10.9 Å². The summed E-state index contributed by atoms with van der Waals surface area (Å²) in [6.07, 6.45) is 2.63. The topological polar surface area (TPSA) is 95.5 Å². The fraction of sp³-hybridized carbons (Fsp3) is 0.286. The highest BCUT2D eigenvalue weighted by Crippen LogP contribution is 2.30. The maximum atomic E-state index is 12.3. The molecular weight excluding hydrogens is 344 g/mol. The Labute approximate surface area is 157 Å². The molecule has 2 aromatic rings. The third kappa shape index (κ3) is 4.53. The molecule has 6 heteroatoms. The van der Waals surface area contributed by atoms with Gasteiger partial charge in [0.05, 0.1) is 11.8 Å². The molecule has 0 bridgehead atoms. The molecule has 2 aromatic carbocycles. The van der Waals surface area contributed by atoms with Crippen LogP contribution in [0.25, 0.3) is 11.1 Å². The fourth-order valence-electron chi connectivity index (χ4n) is 3.47. The second-order valence-electron chi connectivity index (χ2n) is 6.72. The summed E-state index contributed by atoms with van der Waals surface area (Å²) in [7, 11) is 0. The molecule has 0 unspecified atom stereocenters. The van der Waals surface area contributed by atoms with E-state index in [0.29, 0.717) is 18.4 Å². The van der Waals surface area contributed by atoms with Crippen LogP contribution < -0.4 is 10.9 Å². The van der Waals surface area contributed by atoms with Gasteiger partial charge in [-0.25, -0.2) is 0 Å². The van der Waals surface area contributed by atoms with Crippen molar-refractivity contribution in [2.75, 3.05) is 0 Å². The summed E-state index contributed by atoms with van der Waals surface area (Å²) in [6, 6.07) is 16.9. The number of nitrogens with one attached hydrogen (secondary N) is 2. The highest BCUT2D eigenvalue weighted by atomic mass is 16.4. The van der Waals surface area contributed by atoms with Gasteiger partial charge in [-0.1, -0.05) is 55.3 Å². The number of aliphatic carboxylic acids is 1. The van der Waals surface area contributed by atoms with Crippen molar-refractivity contribution in [1.82, 2.24) is 10.9 Å². The quantitative estimate of drug-likeness (QED) is 0.725. The number of hydrazine groups is 1. The largest absolute Gasteiger partial charge is 0.481 e. The minimum Gasteiger partial charge on any atom is -0.481 e. The van der Waals surface area contributed by atoms with E-state index in [4.69, 9.17) is 0 Å². The van der Waals surface area contributed by atoms with Crippen LogP contribution >= 0.6 is 0 Å². The van der Waals surface area contributed by atoms with Crippen LogP contribution in [-0.4, -0.2) is 22.9 Å². The number of hydrogen-bond acceptors (Lipinski definition) is 3. The molecule has 0 aliphatic heterocycles. The van der Waals surface area contributed by atoms with Gasteiger partial charge in [-0.15, -0.1) is 0 Å². The zero-order valence-electron chi connectivity index (χ0n) is 14.9. The first-order valence-corrected chi connectivity index (χ1v) is 9.05. The van der Waals surface area contributed by atoms with Gasteiger partial charge in [-0.3, -0.25) is 25.2 Å². The zero-order chi connectivity index (χ0) is 19.2. The molecule has 140 valence electrons. The lowest BCUT2D eigenvalue weighted by molar-refractivity contribution is -0.149. The molecule has 0 heterocycles. The van der Waals surface area contributed by atoms with Crippen molar-refractivity contribution in [3.05, 3.63) is 60.2 Å². The summed E-state index contributed by atoms with van der Waals surface area (Å²) in [6.45, 7) is 0. The number of benzene rings is 2. The van der Waals surface area contributed by atoms with Crippen LogP contribution in [0.4, 0.5) is 0 Å². The Hall–Kier alpha value is -3.15. The molecule has 0 radical (unpaired) electrons. The third-order valence-electron chi connectivity index (χ3n) is 4.97. The number of amides is 2. The van der Waals surface area contributed by atoms with Gasteiger partial charge in [-0.2, -0.15) is 0 Å². The summed E-state index contributed by atoms with van der Waals surface area (Å²) in [5, 5.41) is 9.27. The van der Waals surface area contributed by atoms with Crippen molar-refractivity contribution >= 4 is 17.8 Å². The Morgan fingerprint density at radius 3 is 2.00 bits per heavy atom. The van der Waals surface area contributed by atoms with E-state index in [9.17, 15) is 19.5 Å². The lowest BCUT2D eigenvalue weighted by Crippen LogP contribution is -2.47. The summed E-state index contributed by atoms with van der Waals surface area (Å²) >= 11 is 0. The van der Waals surface area contributed by atoms with Crippen molar-refractivity contribution in [1.29, 1.82) is 0 Å². The maximum absolute atomic E-state index is 12.3. The smallest absolute Gasteiger partial charge is 0.307 e. The van der Waals surface area contributed by atoms with Crippen LogP contribution in [0.15, 0.2) is 54.6 Å². The number of rotatable bonds is 4. The SMILES string of the molecule is O=C(NNC(=O)[C@@H]1CCCC[C@@H]1C(=O)O)c1ccc(-c2ccccc2)cc1. The van der Waals surface area contributed by atoms with Gasteiger partial charge in [0.1, 0.15) is 0 Å². The molecule has 1 fully saturated rings. The molecular formula is C21H22N2O4. The summed E-state index contributed by atoms with van der Waals surface area (Å²) in [5.41, 5.74) is 7.21. The Kier molecular flexibility index (Phi) is 5.86. The molecule has 1 saturated carbocycles. The Bertz CT molecular complexity index is 818. The van der Waals surface area contributed by atoms with Crippen molar-refractivity contribution in [3.8, 4) is 11.1 Å². The van der Waals surface area contributed by atoms with Gasteiger partial charge in [0.25, 0.3) is 5.91 Å². The zero-order valence-corrected chi connectivity index (χ0v) is 14.9. The summed E-state index contributed by atoms with van der Waals surface area (Å²) in [5.74, 6) is -3.16. The molecule has 27 heavy (non-hydrogen) atoms. The predicted octanol–water partition coefficient (Wildman–Crippen LogP) is 3.01. The fourth-order valence-corrected chi connectivity index (χ4v) is 3.47. The standard InChI is InChI=1S/C21H22N2O4/c24-19(16-12-10-15(11-13-16)14-6-2-1-3-7-14)22-23-20(25)17-8-4-5-9-18(17)21(26)27/h1-3,6-7,10-13,17-18H,4-5,8-9H2,(H,22,24)(H,23,25)(H,26,27)/t17-,18+/m1/s1. The van der Waals surface area contributed by atoms with Gasteiger partial charge in [0.2, 0.25) is 5.91 Å².